The van der Waals surface area contributed by atoms with Gasteiger partial charge in [0.1, 0.15) is 6.61 Å². The van der Waals surface area contributed by atoms with Crippen LogP contribution in [-0.2, 0) is 9.53 Å². The van der Waals surface area contributed by atoms with Gasteiger partial charge in [-0.15, -0.1) is 5.73 Å². The number of ether oxygens (including phenoxy) is 1. The van der Waals surface area contributed by atoms with Crippen LogP contribution >= 0.6 is 0 Å². The van der Waals surface area contributed by atoms with Crippen molar-refractivity contribution in [3.63, 3.8) is 0 Å². The van der Waals surface area contributed by atoms with E-state index in [-0.39, 0.29) is 11.9 Å². The lowest BCUT2D eigenvalue weighted by Crippen LogP contribution is -2.24. The van der Waals surface area contributed by atoms with E-state index in [0.717, 1.165) is 19.3 Å². The third kappa shape index (κ3) is 2.24. The Bertz CT molecular complexity index is 186. The lowest BCUT2D eigenvalue weighted by molar-refractivity contribution is -0.150. The molecule has 0 aromatic rings. The molecule has 1 aliphatic rings. The molecule has 0 amide bonds. The zero-order valence-corrected chi connectivity index (χ0v) is 6.51. The van der Waals surface area contributed by atoms with Crippen molar-refractivity contribution < 1.29 is 9.53 Å². The van der Waals surface area contributed by atoms with Crippen molar-refractivity contribution in [1.29, 1.82) is 0 Å². The summed E-state index contributed by atoms with van der Waals surface area (Å²) in [6.45, 7) is 3.68. The lowest BCUT2D eigenvalue weighted by atomic mass is 9.86. The first-order chi connectivity index (χ1) is 5.34. The molecule has 0 saturated heterocycles. The molecule has 0 aromatic heterocycles. The summed E-state index contributed by atoms with van der Waals surface area (Å²) in [7, 11) is 0. The largest absolute Gasteiger partial charge is 0.461 e. The molecule has 2 nitrogen and oxygen atoms in total. The Morgan fingerprint density at radius 3 is 2.91 bits per heavy atom. The molecule has 0 radical (unpaired) electrons. The average Bonchev–Trinajstić information content (AvgIpc) is 1.84. The van der Waals surface area contributed by atoms with Crippen LogP contribution in [0.15, 0.2) is 18.4 Å². The fourth-order valence-electron chi connectivity index (χ4n) is 0.945. The molecule has 1 aliphatic carbocycles. The Kier molecular flexibility index (Phi) is 2.94. The van der Waals surface area contributed by atoms with Gasteiger partial charge in [-0.3, -0.25) is 4.79 Å². The van der Waals surface area contributed by atoms with E-state index in [1.807, 2.05) is 0 Å². The molecule has 1 saturated carbocycles. The summed E-state index contributed by atoms with van der Waals surface area (Å²) in [5, 5.41) is 0. The standard InChI is InChI=1S/C9H12O2/c1-2-3-7-11-9(10)8-5-4-6-8/h3,8H,1,4-7H2. The molecule has 0 N–H and O–H groups in total. The highest BCUT2D eigenvalue weighted by molar-refractivity contribution is 5.73. The van der Waals surface area contributed by atoms with Gasteiger partial charge in [0.05, 0.1) is 5.92 Å². The fraction of sp³-hybridized carbons (Fsp3) is 0.556. The van der Waals surface area contributed by atoms with Crippen molar-refractivity contribution in [1.82, 2.24) is 0 Å². The van der Waals surface area contributed by atoms with Crippen LogP contribution in [0.1, 0.15) is 19.3 Å². The topological polar surface area (TPSA) is 26.3 Å². The molecule has 60 valence electrons. The molecule has 0 spiro atoms. The molecule has 0 heterocycles. The molecule has 1 fully saturated rings. The maximum absolute atomic E-state index is 11.0. The van der Waals surface area contributed by atoms with E-state index in [4.69, 9.17) is 4.74 Å². The van der Waals surface area contributed by atoms with Crippen molar-refractivity contribution in [3.05, 3.63) is 18.4 Å². The van der Waals surface area contributed by atoms with E-state index >= 15 is 0 Å². The Morgan fingerprint density at radius 1 is 1.73 bits per heavy atom. The first-order valence-corrected chi connectivity index (χ1v) is 3.85. The minimum absolute atomic E-state index is 0.0669. The van der Waals surface area contributed by atoms with E-state index in [0.29, 0.717) is 6.61 Å². The summed E-state index contributed by atoms with van der Waals surface area (Å²) in [5.74, 6) is 0.107. The van der Waals surface area contributed by atoms with Gasteiger partial charge in [0.2, 0.25) is 0 Å². The predicted molar refractivity (Wildman–Crippen MR) is 42.0 cm³/mol. The van der Waals surface area contributed by atoms with Crippen LogP contribution in [0.2, 0.25) is 0 Å². The van der Waals surface area contributed by atoms with Gasteiger partial charge in [0.25, 0.3) is 0 Å². The third-order valence-corrected chi connectivity index (χ3v) is 1.89. The van der Waals surface area contributed by atoms with Gasteiger partial charge in [-0.2, -0.15) is 0 Å². The van der Waals surface area contributed by atoms with Gasteiger partial charge >= 0.3 is 5.97 Å². The Labute approximate surface area is 66.5 Å². The number of rotatable bonds is 3. The van der Waals surface area contributed by atoms with Crippen molar-refractivity contribution in [2.75, 3.05) is 6.61 Å². The minimum Gasteiger partial charge on any atom is -0.461 e. The first kappa shape index (κ1) is 8.09. The number of carbonyl (C=O) groups excluding carboxylic acids is 1. The molecule has 0 unspecified atom stereocenters. The van der Waals surface area contributed by atoms with Crippen LogP contribution in [0.5, 0.6) is 0 Å². The Balaban J connectivity index is 2.14. The van der Waals surface area contributed by atoms with E-state index in [1.165, 1.54) is 0 Å². The van der Waals surface area contributed by atoms with E-state index in [1.54, 1.807) is 6.08 Å². The van der Waals surface area contributed by atoms with Crippen LogP contribution in [0.3, 0.4) is 0 Å². The number of esters is 1. The van der Waals surface area contributed by atoms with Gasteiger partial charge in [0.15, 0.2) is 0 Å². The summed E-state index contributed by atoms with van der Waals surface area (Å²) >= 11 is 0. The van der Waals surface area contributed by atoms with Gasteiger partial charge < -0.3 is 4.74 Å². The van der Waals surface area contributed by atoms with Gasteiger partial charge in [-0.25, -0.2) is 0 Å². The fourth-order valence-corrected chi connectivity index (χ4v) is 0.945. The molecule has 1 rings (SSSR count). The summed E-state index contributed by atoms with van der Waals surface area (Å²) < 4.78 is 4.89. The number of hydrogen-bond acceptors (Lipinski definition) is 2. The lowest BCUT2D eigenvalue weighted by Gasteiger charge is -2.22. The maximum Gasteiger partial charge on any atom is 0.309 e. The normalized spacial score (nSPS) is 16.4. The second-order valence-corrected chi connectivity index (χ2v) is 2.67. The Morgan fingerprint density at radius 2 is 2.45 bits per heavy atom. The summed E-state index contributed by atoms with van der Waals surface area (Å²) in [6, 6.07) is 0. The second-order valence-electron chi connectivity index (χ2n) is 2.67. The number of hydrogen-bond donors (Lipinski definition) is 0. The SMILES string of the molecule is C=C=CCOC(=O)C1CCC1. The predicted octanol–water partition coefficient (Wildman–Crippen LogP) is 1.67. The monoisotopic (exact) mass is 152 g/mol. The van der Waals surface area contributed by atoms with Gasteiger partial charge in [-0.1, -0.05) is 13.0 Å². The van der Waals surface area contributed by atoms with Crippen molar-refractivity contribution in [2.45, 2.75) is 19.3 Å². The highest BCUT2D eigenvalue weighted by atomic mass is 16.5. The molecule has 0 bridgehead atoms. The summed E-state index contributed by atoms with van der Waals surface area (Å²) in [6.07, 6.45) is 4.76. The Hall–Kier alpha value is -1.01. The summed E-state index contributed by atoms with van der Waals surface area (Å²) in [4.78, 5) is 11.0. The third-order valence-electron chi connectivity index (χ3n) is 1.89. The van der Waals surface area contributed by atoms with Crippen LogP contribution in [-0.4, -0.2) is 12.6 Å². The molecule has 0 aliphatic heterocycles. The highest BCUT2D eigenvalue weighted by Gasteiger charge is 2.26. The molecular formula is C9H12O2. The van der Waals surface area contributed by atoms with Crippen LogP contribution in [0.25, 0.3) is 0 Å². The quantitative estimate of drug-likeness (QED) is 0.454. The van der Waals surface area contributed by atoms with E-state index in [2.05, 4.69) is 12.3 Å². The minimum atomic E-state index is -0.0669. The van der Waals surface area contributed by atoms with Crippen LogP contribution in [0.4, 0.5) is 0 Å². The van der Waals surface area contributed by atoms with Crippen LogP contribution in [0, 0.1) is 5.92 Å². The average molecular weight is 152 g/mol. The van der Waals surface area contributed by atoms with E-state index in [9.17, 15) is 4.79 Å². The van der Waals surface area contributed by atoms with Crippen molar-refractivity contribution >= 4 is 5.97 Å². The van der Waals surface area contributed by atoms with Crippen molar-refractivity contribution in [3.8, 4) is 0 Å². The zero-order chi connectivity index (χ0) is 8.10. The zero-order valence-electron chi connectivity index (χ0n) is 6.51. The highest BCUT2D eigenvalue weighted by Crippen LogP contribution is 2.27. The van der Waals surface area contributed by atoms with E-state index < -0.39 is 0 Å². The first-order valence-electron chi connectivity index (χ1n) is 3.85. The number of carbonyl (C=O) groups is 1. The maximum atomic E-state index is 11.0. The molecule has 0 atom stereocenters. The molecule has 11 heavy (non-hydrogen) atoms. The van der Waals surface area contributed by atoms with Crippen molar-refractivity contribution in [2.24, 2.45) is 5.92 Å². The smallest absolute Gasteiger partial charge is 0.309 e. The van der Waals surface area contributed by atoms with Gasteiger partial charge in [0, 0.05) is 0 Å². The van der Waals surface area contributed by atoms with Gasteiger partial charge in [-0.05, 0) is 18.9 Å². The molecular weight excluding hydrogens is 140 g/mol. The molecule has 2 heteroatoms. The second kappa shape index (κ2) is 3.99. The van der Waals surface area contributed by atoms with Crippen LogP contribution < -0.4 is 0 Å². The summed E-state index contributed by atoms with van der Waals surface area (Å²) in [5.41, 5.74) is 2.55. The molecule has 0 aromatic carbocycles.